The summed E-state index contributed by atoms with van der Waals surface area (Å²) in [6.45, 7) is 0.112. The minimum Gasteiger partial charge on any atom is -0.468 e. The van der Waals surface area contributed by atoms with Gasteiger partial charge in [-0.15, -0.1) is 0 Å². The maximum absolute atomic E-state index is 10.9. The van der Waals surface area contributed by atoms with Gasteiger partial charge in [-0.1, -0.05) is 29.8 Å². The number of ether oxygens (including phenoxy) is 1. The number of pyridine rings is 1. The Bertz CT molecular complexity index is 634. The molecule has 1 N–H and O–H groups in total. The van der Waals surface area contributed by atoms with E-state index in [-0.39, 0.29) is 18.2 Å². The molecule has 0 aliphatic carbocycles. The van der Waals surface area contributed by atoms with Crippen LogP contribution < -0.4 is 10.1 Å². The summed E-state index contributed by atoms with van der Waals surface area (Å²) in [5.41, 5.74) is 0.552. The Morgan fingerprint density at radius 1 is 1.35 bits per heavy atom. The molecule has 1 heterocycles. The van der Waals surface area contributed by atoms with Crippen LogP contribution in [0.4, 0.5) is 11.5 Å². The van der Waals surface area contributed by atoms with Gasteiger partial charge in [-0.3, -0.25) is 10.1 Å². The van der Waals surface area contributed by atoms with E-state index in [9.17, 15) is 10.1 Å². The first-order valence-electron chi connectivity index (χ1n) is 5.81. The lowest BCUT2D eigenvalue weighted by Crippen LogP contribution is -2.03. The standard InChI is InChI=1S/C13H12ClN3O3/c1-15-12-7-6-11(17(18)19)13(16-12)20-8-9-4-2-3-5-10(9)14/h2-7H,8H2,1H3,(H,15,16). The number of nitrogens with one attached hydrogen (secondary N) is 1. The molecule has 0 saturated carbocycles. The van der Waals surface area contributed by atoms with Crippen LogP contribution in [0.3, 0.4) is 0 Å². The van der Waals surface area contributed by atoms with Crippen LogP contribution in [0.2, 0.25) is 5.02 Å². The Labute approximate surface area is 120 Å². The van der Waals surface area contributed by atoms with Crippen molar-refractivity contribution in [3.63, 3.8) is 0 Å². The SMILES string of the molecule is CNc1ccc([N+](=O)[O-])c(OCc2ccccc2Cl)n1. The van der Waals surface area contributed by atoms with E-state index in [4.69, 9.17) is 16.3 Å². The maximum Gasteiger partial charge on any atom is 0.331 e. The highest BCUT2D eigenvalue weighted by atomic mass is 35.5. The number of rotatable bonds is 5. The van der Waals surface area contributed by atoms with E-state index < -0.39 is 4.92 Å². The predicted octanol–water partition coefficient (Wildman–Crippen LogP) is 3.26. The molecule has 0 atom stereocenters. The fourth-order valence-electron chi connectivity index (χ4n) is 1.58. The zero-order valence-corrected chi connectivity index (χ0v) is 11.4. The van der Waals surface area contributed by atoms with Crippen LogP contribution in [-0.4, -0.2) is 17.0 Å². The Balaban J connectivity index is 2.24. The molecule has 0 spiro atoms. The van der Waals surface area contributed by atoms with Gasteiger partial charge in [0.25, 0.3) is 5.88 Å². The molecule has 1 aromatic heterocycles. The Kier molecular flexibility index (Phi) is 4.37. The molecule has 2 aromatic rings. The first kappa shape index (κ1) is 14.1. The Hall–Kier alpha value is -2.34. The van der Waals surface area contributed by atoms with E-state index in [0.717, 1.165) is 5.56 Å². The summed E-state index contributed by atoms with van der Waals surface area (Å²) in [6.07, 6.45) is 0. The molecule has 0 saturated heterocycles. The highest BCUT2D eigenvalue weighted by molar-refractivity contribution is 6.31. The van der Waals surface area contributed by atoms with Crippen LogP contribution in [0.5, 0.6) is 5.88 Å². The highest BCUT2D eigenvalue weighted by Gasteiger charge is 2.17. The molecular weight excluding hydrogens is 282 g/mol. The van der Waals surface area contributed by atoms with Crippen molar-refractivity contribution in [1.82, 2.24) is 4.98 Å². The molecule has 20 heavy (non-hydrogen) atoms. The quantitative estimate of drug-likeness (QED) is 0.676. The first-order chi connectivity index (χ1) is 9.61. The van der Waals surface area contributed by atoms with E-state index in [1.54, 1.807) is 25.2 Å². The van der Waals surface area contributed by atoms with Gasteiger partial charge in [0.1, 0.15) is 12.4 Å². The molecule has 0 amide bonds. The second-order valence-corrected chi connectivity index (χ2v) is 4.32. The van der Waals surface area contributed by atoms with Crippen molar-refractivity contribution in [3.8, 4) is 5.88 Å². The number of nitro groups is 1. The molecule has 6 nitrogen and oxygen atoms in total. The van der Waals surface area contributed by atoms with Gasteiger partial charge in [-0.25, -0.2) is 0 Å². The minimum absolute atomic E-state index is 0.0400. The second-order valence-electron chi connectivity index (χ2n) is 3.91. The molecule has 0 aliphatic rings. The van der Waals surface area contributed by atoms with Crippen LogP contribution in [0.25, 0.3) is 0 Å². The Morgan fingerprint density at radius 3 is 2.75 bits per heavy atom. The number of halogens is 1. The summed E-state index contributed by atoms with van der Waals surface area (Å²) in [5, 5.41) is 14.3. The molecule has 1 aromatic carbocycles. The smallest absolute Gasteiger partial charge is 0.331 e. The van der Waals surface area contributed by atoms with Gasteiger partial charge in [0.05, 0.1) is 4.92 Å². The van der Waals surface area contributed by atoms with Gasteiger partial charge in [0.15, 0.2) is 0 Å². The van der Waals surface area contributed by atoms with E-state index in [1.165, 1.54) is 12.1 Å². The molecule has 7 heteroatoms. The van der Waals surface area contributed by atoms with Crippen molar-refractivity contribution in [3.05, 3.63) is 57.1 Å². The van der Waals surface area contributed by atoms with Crippen molar-refractivity contribution < 1.29 is 9.66 Å². The highest BCUT2D eigenvalue weighted by Crippen LogP contribution is 2.27. The van der Waals surface area contributed by atoms with Crippen molar-refractivity contribution in [2.75, 3.05) is 12.4 Å². The second kappa shape index (κ2) is 6.21. The summed E-state index contributed by atoms with van der Waals surface area (Å²) in [4.78, 5) is 14.4. The number of hydrogen-bond donors (Lipinski definition) is 1. The lowest BCUT2D eigenvalue weighted by molar-refractivity contribution is -0.386. The molecule has 0 aliphatic heterocycles. The summed E-state index contributed by atoms with van der Waals surface area (Å²) in [5.74, 6) is 0.450. The lowest BCUT2D eigenvalue weighted by atomic mass is 10.2. The molecule has 0 fully saturated rings. The molecule has 0 bridgehead atoms. The monoisotopic (exact) mass is 293 g/mol. The minimum atomic E-state index is -0.533. The average Bonchev–Trinajstić information content (AvgIpc) is 2.46. The van der Waals surface area contributed by atoms with Crippen molar-refractivity contribution in [2.45, 2.75) is 6.61 Å². The Morgan fingerprint density at radius 2 is 2.10 bits per heavy atom. The van der Waals surface area contributed by atoms with Gasteiger partial charge in [0.2, 0.25) is 0 Å². The topological polar surface area (TPSA) is 77.3 Å². The fraction of sp³-hybridized carbons (Fsp3) is 0.154. The summed E-state index contributed by atoms with van der Waals surface area (Å²) in [7, 11) is 1.67. The number of benzene rings is 1. The van der Waals surface area contributed by atoms with Crippen LogP contribution in [-0.2, 0) is 6.61 Å². The average molecular weight is 294 g/mol. The third-order valence-electron chi connectivity index (χ3n) is 2.62. The number of anilines is 1. The van der Waals surface area contributed by atoms with Gasteiger partial charge in [-0.2, -0.15) is 4.98 Å². The largest absolute Gasteiger partial charge is 0.468 e. The number of aromatic nitrogens is 1. The van der Waals surface area contributed by atoms with Crippen molar-refractivity contribution >= 4 is 23.1 Å². The normalized spacial score (nSPS) is 10.1. The molecule has 0 unspecified atom stereocenters. The van der Waals surface area contributed by atoms with E-state index in [1.807, 2.05) is 6.07 Å². The fourth-order valence-corrected chi connectivity index (χ4v) is 1.77. The van der Waals surface area contributed by atoms with E-state index in [2.05, 4.69) is 10.3 Å². The lowest BCUT2D eigenvalue weighted by Gasteiger charge is -2.08. The number of nitrogens with zero attached hydrogens (tertiary/aromatic N) is 2. The van der Waals surface area contributed by atoms with Gasteiger partial charge < -0.3 is 10.1 Å². The van der Waals surface area contributed by atoms with Gasteiger partial charge >= 0.3 is 5.69 Å². The van der Waals surface area contributed by atoms with Gasteiger partial charge in [-0.05, 0) is 12.1 Å². The maximum atomic E-state index is 10.9. The van der Waals surface area contributed by atoms with Gasteiger partial charge in [0, 0.05) is 23.7 Å². The molecule has 104 valence electrons. The third-order valence-corrected chi connectivity index (χ3v) is 2.98. The summed E-state index contributed by atoms with van der Waals surface area (Å²) >= 11 is 6.00. The molecule has 2 rings (SSSR count). The summed E-state index contributed by atoms with van der Waals surface area (Å²) < 4.78 is 5.43. The van der Waals surface area contributed by atoms with Crippen LogP contribution in [0.15, 0.2) is 36.4 Å². The van der Waals surface area contributed by atoms with Crippen molar-refractivity contribution in [2.24, 2.45) is 0 Å². The third kappa shape index (κ3) is 3.16. The number of hydrogen-bond acceptors (Lipinski definition) is 5. The molecular formula is C13H12ClN3O3. The summed E-state index contributed by atoms with van der Waals surface area (Å²) in [6, 6.07) is 9.99. The predicted molar refractivity (Wildman–Crippen MR) is 76.2 cm³/mol. The zero-order valence-electron chi connectivity index (χ0n) is 10.7. The van der Waals surface area contributed by atoms with Crippen molar-refractivity contribution in [1.29, 1.82) is 0 Å². The van der Waals surface area contributed by atoms with E-state index in [0.29, 0.717) is 10.8 Å². The van der Waals surface area contributed by atoms with Crippen LogP contribution >= 0.6 is 11.6 Å². The first-order valence-corrected chi connectivity index (χ1v) is 6.19. The zero-order chi connectivity index (χ0) is 14.5. The van der Waals surface area contributed by atoms with E-state index >= 15 is 0 Å². The van der Waals surface area contributed by atoms with Crippen LogP contribution in [0.1, 0.15) is 5.56 Å². The van der Waals surface area contributed by atoms with Crippen LogP contribution in [0, 0.1) is 10.1 Å². The molecule has 0 radical (unpaired) electrons.